The third-order valence-corrected chi connectivity index (χ3v) is 5.36. The van der Waals surface area contributed by atoms with E-state index in [9.17, 15) is 5.11 Å². The lowest BCUT2D eigenvalue weighted by atomic mass is 9.91. The molecule has 2 aromatic rings. The summed E-state index contributed by atoms with van der Waals surface area (Å²) in [6.45, 7) is 6.76. The van der Waals surface area contributed by atoms with E-state index in [4.69, 9.17) is 0 Å². The number of hydrogen-bond acceptors (Lipinski definition) is 2. The van der Waals surface area contributed by atoms with Crippen molar-refractivity contribution in [3.63, 3.8) is 0 Å². The van der Waals surface area contributed by atoms with Gasteiger partial charge in [-0.2, -0.15) is 0 Å². The molecule has 0 spiro atoms. The molecule has 0 amide bonds. The molecule has 1 heterocycles. The quantitative estimate of drug-likeness (QED) is 0.820. The van der Waals surface area contributed by atoms with Crippen LogP contribution in [0.25, 0.3) is 11.1 Å². The minimum absolute atomic E-state index is 0.376. The molecule has 0 bridgehead atoms. The zero-order valence-corrected chi connectivity index (χ0v) is 15.0. The van der Waals surface area contributed by atoms with Crippen molar-refractivity contribution in [2.45, 2.75) is 52.0 Å². The van der Waals surface area contributed by atoms with Crippen molar-refractivity contribution in [1.29, 1.82) is 0 Å². The van der Waals surface area contributed by atoms with Crippen molar-refractivity contribution in [3.05, 3.63) is 53.6 Å². The fraction of sp³-hybridized carbons (Fsp3) is 0.455. The standard InChI is InChI=1S/C22H29NO/c1-3-23-15-7-6-9-19(23)13-12-18-8-4-5-10-20(18)21-16-17(2)11-14-22(21)24/h4-5,8,10-11,14,16,19,24H,3,6-7,9,12-13,15H2,1-2H3. The minimum atomic E-state index is 0.376. The molecule has 1 atom stereocenters. The van der Waals surface area contributed by atoms with E-state index in [0.717, 1.165) is 18.5 Å². The Kier molecular flexibility index (Phi) is 5.57. The fourth-order valence-electron chi connectivity index (χ4n) is 3.99. The number of hydrogen-bond donors (Lipinski definition) is 1. The highest BCUT2D eigenvalue weighted by molar-refractivity contribution is 5.73. The molecule has 1 saturated heterocycles. The lowest BCUT2D eigenvalue weighted by molar-refractivity contribution is 0.148. The molecule has 1 fully saturated rings. The number of nitrogens with zero attached hydrogens (tertiary/aromatic N) is 1. The van der Waals surface area contributed by atoms with E-state index >= 15 is 0 Å². The molecule has 1 aliphatic rings. The van der Waals surface area contributed by atoms with Gasteiger partial charge in [-0.15, -0.1) is 0 Å². The summed E-state index contributed by atoms with van der Waals surface area (Å²) in [6.07, 6.45) is 6.31. The molecule has 1 unspecified atom stereocenters. The fourth-order valence-corrected chi connectivity index (χ4v) is 3.99. The maximum absolute atomic E-state index is 10.3. The summed E-state index contributed by atoms with van der Waals surface area (Å²) in [5.41, 5.74) is 4.67. The molecular formula is C22H29NO. The Bertz CT molecular complexity index is 679. The summed E-state index contributed by atoms with van der Waals surface area (Å²) in [5, 5.41) is 10.3. The number of benzene rings is 2. The van der Waals surface area contributed by atoms with E-state index in [1.54, 1.807) is 6.07 Å². The maximum Gasteiger partial charge on any atom is 0.123 e. The van der Waals surface area contributed by atoms with Crippen LogP contribution in [0.3, 0.4) is 0 Å². The molecule has 0 saturated carbocycles. The Morgan fingerprint density at radius 3 is 2.75 bits per heavy atom. The first-order valence-corrected chi connectivity index (χ1v) is 9.31. The highest BCUT2D eigenvalue weighted by Crippen LogP contribution is 2.33. The summed E-state index contributed by atoms with van der Waals surface area (Å²) in [4.78, 5) is 2.64. The van der Waals surface area contributed by atoms with Gasteiger partial charge in [0.2, 0.25) is 0 Å². The second-order valence-corrected chi connectivity index (χ2v) is 6.99. The number of piperidine rings is 1. The third kappa shape index (κ3) is 3.81. The number of likely N-dealkylation sites (tertiary alicyclic amines) is 1. The molecule has 2 heteroatoms. The average molecular weight is 323 g/mol. The first kappa shape index (κ1) is 17.0. The zero-order valence-electron chi connectivity index (χ0n) is 15.0. The van der Waals surface area contributed by atoms with Crippen molar-refractivity contribution < 1.29 is 5.11 Å². The lowest BCUT2D eigenvalue weighted by Crippen LogP contribution is -2.39. The SMILES string of the molecule is CCN1CCCCC1CCc1ccccc1-c1cc(C)ccc1O. The van der Waals surface area contributed by atoms with Crippen LogP contribution in [0.15, 0.2) is 42.5 Å². The van der Waals surface area contributed by atoms with E-state index in [1.807, 2.05) is 6.07 Å². The van der Waals surface area contributed by atoms with Gasteiger partial charge in [0.15, 0.2) is 0 Å². The van der Waals surface area contributed by atoms with Gasteiger partial charge in [0.25, 0.3) is 0 Å². The Labute approximate surface area is 146 Å². The Morgan fingerprint density at radius 1 is 1.08 bits per heavy atom. The lowest BCUT2D eigenvalue weighted by Gasteiger charge is -2.35. The van der Waals surface area contributed by atoms with Crippen LogP contribution in [-0.4, -0.2) is 29.1 Å². The molecule has 24 heavy (non-hydrogen) atoms. The summed E-state index contributed by atoms with van der Waals surface area (Å²) >= 11 is 0. The molecule has 0 aromatic heterocycles. The van der Waals surface area contributed by atoms with Crippen molar-refractivity contribution >= 4 is 0 Å². The summed E-state index contributed by atoms with van der Waals surface area (Å²) in [7, 11) is 0. The summed E-state index contributed by atoms with van der Waals surface area (Å²) < 4.78 is 0. The highest BCUT2D eigenvalue weighted by atomic mass is 16.3. The van der Waals surface area contributed by atoms with Crippen LogP contribution in [0.1, 0.15) is 43.7 Å². The van der Waals surface area contributed by atoms with Gasteiger partial charge in [-0.05, 0) is 69.0 Å². The number of aryl methyl sites for hydroxylation is 2. The van der Waals surface area contributed by atoms with Crippen molar-refractivity contribution in [2.24, 2.45) is 0 Å². The molecule has 0 aliphatic carbocycles. The zero-order chi connectivity index (χ0) is 16.9. The largest absolute Gasteiger partial charge is 0.507 e. The molecule has 1 N–H and O–H groups in total. The highest BCUT2D eigenvalue weighted by Gasteiger charge is 2.21. The van der Waals surface area contributed by atoms with E-state index in [1.165, 1.54) is 48.9 Å². The van der Waals surface area contributed by atoms with Crippen molar-refractivity contribution in [2.75, 3.05) is 13.1 Å². The molecule has 3 rings (SSSR count). The minimum Gasteiger partial charge on any atom is -0.507 e. The monoisotopic (exact) mass is 323 g/mol. The van der Waals surface area contributed by atoms with Crippen molar-refractivity contribution in [1.82, 2.24) is 4.90 Å². The molecule has 128 valence electrons. The normalized spacial score (nSPS) is 18.7. The van der Waals surface area contributed by atoms with E-state index < -0.39 is 0 Å². The Hall–Kier alpha value is -1.80. The second-order valence-electron chi connectivity index (χ2n) is 6.99. The van der Waals surface area contributed by atoms with Gasteiger partial charge in [0.1, 0.15) is 5.75 Å². The van der Waals surface area contributed by atoms with Crippen LogP contribution >= 0.6 is 0 Å². The first-order valence-electron chi connectivity index (χ1n) is 9.31. The van der Waals surface area contributed by atoms with Crippen LogP contribution in [0.5, 0.6) is 5.75 Å². The van der Waals surface area contributed by atoms with Gasteiger partial charge in [-0.3, -0.25) is 0 Å². The molecule has 2 nitrogen and oxygen atoms in total. The van der Waals surface area contributed by atoms with Crippen LogP contribution in [0, 0.1) is 6.92 Å². The number of aromatic hydroxyl groups is 1. The van der Waals surface area contributed by atoms with Gasteiger partial charge < -0.3 is 10.0 Å². The Balaban J connectivity index is 1.81. The average Bonchev–Trinajstić information content (AvgIpc) is 2.62. The molecule has 1 aliphatic heterocycles. The Morgan fingerprint density at radius 2 is 1.92 bits per heavy atom. The summed E-state index contributed by atoms with van der Waals surface area (Å²) in [5.74, 6) is 0.376. The third-order valence-electron chi connectivity index (χ3n) is 5.36. The van der Waals surface area contributed by atoms with E-state index in [0.29, 0.717) is 11.8 Å². The van der Waals surface area contributed by atoms with Crippen LogP contribution in [0.2, 0.25) is 0 Å². The number of phenolic OH excluding ortho intramolecular Hbond substituents is 1. The van der Waals surface area contributed by atoms with Crippen LogP contribution < -0.4 is 0 Å². The van der Waals surface area contributed by atoms with Crippen LogP contribution in [0.4, 0.5) is 0 Å². The van der Waals surface area contributed by atoms with Gasteiger partial charge in [-0.1, -0.05) is 49.2 Å². The predicted octanol–water partition coefficient (Wildman–Crippen LogP) is 5.17. The smallest absolute Gasteiger partial charge is 0.123 e. The first-order chi connectivity index (χ1) is 11.7. The van der Waals surface area contributed by atoms with Crippen molar-refractivity contribution in [3.8, 4) is 16.9 Å². The second kappa shape index (κ2) is 7.85. The van der Waals surface area contributed by atoms with E-state index in [-0.39, 0.29) is 0 Å². The number of rotatable bonds is 5. The maximum atomic E-state index is 10.3. The van der Waals surface area contributed by atoms with Gasteiger partial charge in [-0.25, -0.2) is 0 Å². The topological polar surface area (TPSA) is 23.5 Å². The molecule has 0 radical (unpaired) electrons. The predicted molar refractivity (Wildman–Crippen MR) is 101 cm³/mol. The molecule has 2 aromatic carbocycles. The summed E-state index contributed by atoms with van der Waals surface area (Å²) in [6, 6.07) is 15.1. The van der Waals surface area contributed by atoms with Gasteiger partial charge in [0.05, 0.1) is 0 Å². The van der Waals surface area contributed by atoms with E-state index in [2.05, 4.69) is 49.1 Å². The van der Waals surface area contributed by atoms with Crippen LogP contribution in [-0.2, 0) is 6.42 Å². The molecular weight excluding hydrogens is 294 g/mol. The van der Waals surface area contributed by atoms with Gasteiger partial charge >= 0.3 is 0 Å². The van der Waals surface area contributed by atoms with Gasteiger partial charge in [0, 0.05) is 11.6 Å². The number of phenols is 1.